The Labute approximate surface area is 257 Å². The van der Waals surface area contributed by atoms with Crippen LogP contribution in [0.4, 0.5) is 20.3 Å². The van der Waals surface area contributed by atoms with Gasteiger partial charge in [-0.05, 0) is 48.9 Å². The number of allylic oxidation sites excluding steroid dienone is 1. The number of likely N-dealkylation sites (tertiary alicyclic amines) is 1. The number of methoxy groups -OCH3 is 1. The van der Waals surface area contributed by atoms with Gasteiger partial charge in [0.05, 0.1) is 12.6 Å². The highest BCUT2D eigenvalue weighted by Gasteiger charge is 2.42. The van der Waals surface area contributed by atoms with Crippen molar-refractivity contribution in [3.8, 4) is 17.0 Å². The van der Waals surface area contributed by atoms with Crippen molar-refractivity contribution < 1.29 is 31.5 Å². The summed E-state index contributed by atoms with van der Waals surface area (Å²) in [7, 11) is -3.13. The zero-order valence-corrected chi connectivity index (χ0v) is 25.1. The molecule has 2 aliphatic heterocycles. The topological polar surface area (TPSA) is 135 Å². The van der Waals surface area contributed by atoms with Gasteiger partial charge in [-0.2, -0.15) is 0 Å². The molecule has 2 atom stereocenters. The van der Waals surface area contributed by atoms with Crippen molar-refractivity contribution in [3.05, 3.63) is 78.8 Å². The Kier molecular flexibility index (Phi) is 7.91. The van der Waals surface area contributed by atoms with Gasteiger partial charge in [0.1, 0.15) is 34.4 Å². The lowest BCUT2D eigenvalue weighted by Gasteiger charge is -2.23. The molecule has 0 spiro atoms. The molecule has 6 rings (SSSR count). The Bertz CT molecular complexity index is 1960. The molecule has 4 aromatic rings. The summed E-state index contributed by atoms with van der Waals surface area (Å²) in [5, 5.41) is 0.777. The molecule has 1 N–H and O–H groups in total. The molecule has 4 heterocycles. The summed E-state index contributed by atoms with van der Waals surface area (Å²) in [6.07, 6.45) is 5.64. The van der Waals surface area contributed by atoms with Crippen LogP contribution < -0.4 is 14.4 Å². The number of anilines is 2. The average Bonchev–Trinajstić information content (AvgIpc) is 3.59. The number of ether oxygens (including phenoxy) is 1. The number of rotatable bonds is 8. The molecule has 0 radical (unpaired) electrons. The third kappa shape index (κ3) is 6.05. The van der Waals surface area contributed by atoms with Crippen LogP contribution in [0.5, 0.6) is 5.88 Å². The summed E-state index contributed by atoms with van der Waals surface area (Å²) in [4.78, 5) is 40.2. The maximum Gasteiger partial charge on any atom is 0.264 e. The standard InChI is InChI=1S/C31H28F2N6O5S/c1-18(40)3-8-29(41)38-13-21-15-39(16-22(21)14-38)30-24-9-19(4-6-26(24)35-17-36-30)20-10-27(31(44-2)34-12-20)37-45(42,43)28-7-5-23(32)11-25(28)33/h3-12,17,21-22,37H,13-16H2,1-2H3/b8-3+. The van der Waals surface area contributed by atoms with Crippen LogP contribution in [-0.2, 0) is 19.6 Å². The molecule has 2 aliphatic rings. The van der Waals surface area contributed by atoms with Crippen molar-refractivity contribution in [1.29, 1.82) is 0 Å². The monoisotopic (exact) mass is 634 g/mol. The van der Waals surface area contributed by atoms with E-state index in [1.54, 1.807) is 4.90 Å². The molecule has 2 aromatic heterocycles. The number of ketones is 1. The first-order chi connectivity index (χ1) is 21.5. The lowest BCUT2D eigenvalue weighted by molar-refractivity contribution is -0.125. The first-order valence-corrected chi connectivity index (χ1v) is 15.5. The lowest BCUT2D eigenvalue weighted by Crippen LogP contribution is -2.32. The Morgan fingerprint density at radius 1 is 0.956 bits per heavy atom. The Hall–Kier alpha value is -4.98. The van der Waals surface area contributed by atoms with Crippen LogP contribution in [-0.4, -0.2) is 73.2 Å². The van der Waals surface area contributed by atoms with E-state index in [1.165, 1.54) is 44.8 Å². The summed E-state index contributed by atoms with van der Waals surface area (Å²) in [6.45, 7) is 3.97. The fraction of sp³-hybridized carbons (Fsp3) is 0.258. The lowest BCUT2D eigenvalue weighted by atomic mass is 10.0. The van der Waals surface area contributed by atoms with E-state index >= 15 is 0 Å². The van der Waals surface area contributed by atoms with Gasteiger partial charge in [-0.15, -0.1) is 0 Å². The van der Waals surface area contributed by atoms with Gasteiger partial charge in [-0.3, -0.25) is 14.3 Å². The molecule has 0 aliphatic carbocycles. The number of carbonyl (C=O) groups is 2. The van der Waals surface area contributed by atoms with Gasteiger partial charge in [0, 0.05) is 67.3 Å². The smallest absolute Gasteiger partial charge is 0.264 e. The van der Waals surface area contributed by atoms with Crippen molar-refractivity contribution in [2.24, 2.45) is 11.8 Å². The van der Waals surface area contributed by atoms with Crippen LogP contribution >= 0.6 is 0 Å². The molecule has 2 aromatic carbocycles. The zero-order chi connectivity index (χ0) is 31.9. The molecule has 232 valence electrons. The van der Waals surface area contributed by atoms with Gasteiger partial charge in [0.2, 0.25) is 11.8 Å². The summed E-state index contributed by atoms with van der Waals surface area (Å²) >= 11 is 0. The number of hydrogen-bond acceptors (Lipinski definition) is 9. The zero-order valence-electron chi connectivity index (χ0n) is 24.3. The van der Waals surface area contributed by atoms with E-state index in [2.05, 4.69) is 24.6 Å². The maximum absolute atomic E-state index is 14.3. The number of sulfonamides is 1. The highest BCUT2D eigenvalue weighted by atomic mass is 32.2. The Morgan fingerprint density at radius 3 is 2.40 bits per heavy atom. The summed E-state index contributed by atoms with van der Waals surface area (Å²) < 4.78 is 61.3. The van der Waals surface area contributed by atoms with E-state index in [0.29, 0.717) is 48.9 Å². The number of amides is 1. The van der Waals surface area contributed by atoms with E-state index < -0.39 is 26.6 Å². The number of carbonyl (C=O) groups excluding carboxylic acids is 2. The van der Waals surface area contributed by atoms with E-state index in [-0.39, 0.29) is 35.1 Å². The number of nitrogens with one attached hydrogen (secondary N) is 1. The minimum atomic E-state index is -4.45. The molecule has 1 amide bonds. The van der Waals surface area contributed by atoms with Crippen molar-refractivity contribution in [2.75, 3.05) is 42.9 Å². The van der Waals surface area contributed by atoms with E-state index in [0.717, 1.165) is 23.3 Å². The van der Waals surface area contributed by atoms with Crippen molar-refractivity contribution in [2.45, 2.75) is 11.8 Å². The van der Waals surface area contributed by atoms with E-state index in [9.17, 15) is 26.8 Å². The first kappa shape index (κ1) is 30.1. The predicted molar refractivity (Wildman–Crippen MR) is 162 cm³/mol. The number of benzene rings is 2. The number of nitrogens with zero attached hydrogens (tertiary/aromatic N) is 5. The van der Waals surface area contributed by atoms with Crippen molar-refractivity contribution >= 4 is 44.1 Å². The quantitative estimate of drug-likeness (QED) is 0.287. The Morgan fingerprint density at radius 2 is 1.71 bits per heavy atom. The van der Waals surface area contributed by atoms with Crippen LogP contribution in [0.25, 0.3) is 22.0 Å². The number of halogens is 2. The normalized spacial score (nSPS) is 18.0. The maximum atomic E-state index is 14.3. The van der Waals surface area contributed by atoms with Crippen LogP contribution in [0.1, 0.15) is 6.92 Å². The second-order valence-corrected chi connectivity index (χ2v) is 12.7. The molecule has 0 saturated carbocycles. The van der Waals surface area contributed by atoms with Gasteiger partial charge in [-0.25, -0.2) is 32.2 Å². The molecular weight excluding hydrogens is 606 g/mol. The van der Waals surface area contributed by atoms with Gasteiger partial charge >= 0.3 is 0 Å². The minimum absolute atomic E-state index is 0.0343. The highest BCUT2D eigenvalue weighted by molar-refractivity contribution is 7.92. The second kappa shape index (κ2) is 11.8. The molecule has 2 fully saturated rings. The number of hydrogen-bond donors (Lipinski definition) is 1. The molecule has 14 heteroatoms. The predicted octanol–water partition coefficient (Wildman–Crippen LogP) is 3.82. The van der Waals surface area contributed by atoms with Gasteiger partial charge in [0.25, 0.3) is 10.0 Å². The van der Waals surface area contributed by atoms with Crippen LogP contribution in [0, 0.1) is 23.5 Å². The van der Waals surface area contributed by atoms with Crippen molar-refractivity contribution in [1.82, 2.24) is 19.9 Å². The van der Waals surface area contributed by atoms with Gasteiger partial charge < -0.3 is 14.5 Å². The summed E-state index contributed by atoms with van der Waals surface area (Å²) in [5.41, 5.74) is 1.90. The number of aromatic nitrogens is 3. The largest absolute Gasteiger partial charge is 0.480 e. The number of pyridine rings is 1. The van der Waals surface area contributed by atoms with E-state index in [1.807, 2.05) is 18.2 Å². The highest BCUT2D eigenvalue weighted by Crippen LogP contribution is 2.37. The van der Waals surface area contributed by atoms with Crippen molar-refractivity contribution in [3.63, 3.8) is 0 Å². The Balaban J connectivity index is 1.27. The SMILES string of the molecule is COc1ncc(-c2ccc3ncnc(N4CC5CN(C(=O)/C=C/C(C)=O)CC5C4)c3c2)cc1NS(=O)(=O)c1ccc(F)cc1F. The molecule has 11 nitrogen and oxygen atoms in total. The summed E-state index contributed by atoms with van der Waals surface area (Å²) in [5.74, 6) is -1.28. The summed E-state index contributed by atoms with van der Waals surface area (Å²) in [6, 6.07) is 9.25. The van der Waals surface area contributed by atoms with Crippen LogP contribution in [0.15, 0.2) is 72.0 Å². The molecular formula is C31H28F2N6O5S. The fourth-order valence-electron chi connectivity index (χ4n) is 5.85. The fourth-order valence-corrected chi connectivity index (χ4v) is 6.96. The van der Waals surface area contributed by atoms with Crippen LogP contribution in [0.2, 0.25) is 0 Å². The third-order valence-electron chi connectivity index (χ3n) is 7.98. The van der Waals surface area contributed by atoms with Crippen LogP contribution in [0.3, 0.4) is 0 Å². The second-order valence-electron chi connectivity index (χ2n) is 11.0. The molecule has 2 saturated heterocycles. The van der Waals surface area contributed by atoms with E-state index in [4.69, 9.17) is 4.74 Å². The minimum Gasteiger partial charge on any atom is -0.480 e. The third-order valence-corrected chi connectivity index (χ3v) is 9.38. The molecule has 45 heavy (non-hydrogen) atoms. The van der Waals surface area contributed by atoms with Gasteiger partial charge in [0.15, 0.2) is 5.78 Å². The van der Waals surface area contributed by atoms with Gasteiger partial charge in [-0.1, -0.05) is 6.07 Å². The average molecular weight is 635 g/mol. The first-order valence-electron chi connectivity index (χ1n) is 14.0. The molecule has 2 unspecified atom stereocenters. The molecule has 0 bridgehead atoms. The number of fused-ring (bicyclic) bond motifs is 2.